The van der Waals surface area contributed by atoms with Crippen LogP contribution in [0.25, 0.3) is 11.0 Å². The highest BCUT2D eigenvalue weighted by Gasteiger charge is 2.11. The fraction of sp³-hybridized carbons (Fsp3) is 0.130. The number of nitrogen functional groups attached to an aromatic ring is 1. The number of allylic oxidation sites excluding steroid dienone is 3. The second kappa shape index (κ2) is 9.41. The maximum Gasteiger partial charge on any atom is 0.255 e. The monoisotopic (exact) mass is 389 g/mol. The second-order valence-corrected chi connectivity index (χ2v) is 6.30. The Morgan fingerprint density at radius 2 is 2.21 bits per heavy atom. The Bertz CT molecular complexity index is 1080. The summed E-state index contributed by atoms with van der Waals surface area (Å²) >= 11 is 0. The first-order chi connectivity index (χ1) is 14.1. The van der Waals surface area contributed by atoms with Crippen molar-refractivity contribution in [3.8, 4) is 5.75 Å². The number of hydrogen-bond donors (Lipinski definition) is 2. The van der Waals surface area contributed by atoms with Crippen LogP contribution < -0.4 is 15.8 Å². The lowest BCUT2D eigenvalue weighted by Gasteiger charge is -2.06. The van der Waals surface area contributed by atoms with E-state index in [-0.39, 0.29) is 18.3 Å². The summed E-state index contributed by atoms with van der Waals surface area (Å²) in [5.74, 6) is 1.23. The van der Waals surface area contributed by atoms with Crippen LogP contribution in [0.2, 0.25) is 0 Å². The zero-order valence-electron chi connectivity index (χ0n) is 16.2. The average molecular weight is 389 g/mol. The number of nitrogens with two attached hydrogens (primary N) is 1. The van der Waals surface area contributed by atoms with E-state index in [2.05, 4.69) is 16.9 Å². The minimum atomic E-state index is -0.300. The normalized spacial score (nSPS) is 11.7. The summed E-state index contributed by atoms with van der Waals surface area (Å²) < 4.78 is 11.7. The van der Waals surface area contributed by atoms with Gasteiger partial charge in [-0.3, -0.25) is 4.79 Å². The number of rotatable bonds is 8. The first kappa shape index (κ1) is 19.9. The highest BCUT2D eigenvalue weighted by Crippen LogP contribution is 2.25. The average Bonchev–Trinajstić information content (AvgIpc) is 3.13. The molecule has 0 aliphatic rings. The van der Waals surface area contributed by atoms with Crippen LogP contribution in [0.4, 0.5) is 5.82 Å². The predicted octanol–water partition coefficient (Wildman–Crippen LogP) is 4.41. The molecular weight excluding hydrogens is 366 g/mol. The number of nitrogens with one attached hydrogen (secondary N) is 1. The molecule has 3 aromatic rings. The summed E-state index contributed by atoms with van der Waals surface area (Å²) in [6.07, 6.45) is 9.10. The van der Waals surface area contributed by atoms with Crippen molar-refractivity contribution >= 4 is 22.7 Å². The Kier molecular flexibility index (Phi) is 6.47. The molecule has 2 heterocycles. The summed E-state index contributed by atoms with van der Waals surface area (Å²) in [6, 6.07) is 10.8. The van der Waals surface area contributed by atoms with Gasteiger partial charge in [-0.25, -0.2) is 4.98 Å². The molecule has 3 N–H and O–H groups in total. The van der Waals surface area contributed by atoms with Crippen molar-refractivity contribution in [2.75, 3.05) is 12.3 Å². The Labute approximate surface area is 169 Å². The van der Waals surface area contributed by atoms with Gasteiger partial charge in [0.05, 0.1) is 12.1 Å². The van der Waals surface area contributed by atoms with Crippen molar-refractivity contribution in [2.24, 2.45) is 0 Å². The predicted molar refractivity (Wildman–Crippen MR) is 115 cm³/mol. The molecule has 0 spiro atoms. The van der Waals surface area contributed by atoms with Crippen molar-refractivity contribution in [1.29, 1.82) is 0 Å². The van der Waals surface area contributed by atoms with Gasteiger partial charge in [-0.2, -0.15) is 0 Å². The fourth-order valence-corrected chi connectivity index (χ4v) is 2.80. The number of furan rings is 1. The summed E-state index contributed by atoms with van der Waals surface area (Å²) in [5.41, 5.74) is 7.77. The van der Waals surface area contributed by atoms with Gasteiger partial charge in [-0.1, -0.05) is 30.9 Å². The Hall–Kier alpha value is -3.80. The first-order valence-corrected chi connectivity index (χ1v) is 9.19. The van der Waals surface area contributed by atoms with Gasteiger partial charge < -0.3 is 20.2 Å². The SMILES string of the molecule is C=C/C=C(\C=C/C)COc1ccc2cc(CNC(=O)c3cccnc3N)oc2c1. The molecule has 0 saturated carbocycles. The lowest BCUT2D eigenvalue weighted by molar-refractivity contribution is 0.0949. The lowest BCUT2D eigenvalue weighted by atomic mass is 10.2. The number of ether oxygens (including phenoxy) is 1. The van der Waals surface area contributed by atoms with Crippen molar-refractivity contribution in [2.45, 2.75) is 13.5 Å². The number of anilines is 1. The Morgan fingerprint density at radius 3 is 2.97 bits per heavy atom. The van der Waals surface area contributed by atoms with Crippen LogP contribution in [0.15, 0.2) is 83.5 Å². The third kappa shape index (κ3) is 5.13. The van der Waals surface area contributed by atoms with Crippen molar-refractivity contribution in [3.05, 3.63) is 90.4 Å². The number of nitrogens with zero attached hydrogens (tertiary/aromatic N) is 1. The van der Waals surface area contributed by atoms with Crippen LogP contribution in [0.3, 0.4) is 0 Å². The van der Waals surface area contributed by atoms with E-state index in [9.17, 15) is 4.79 Å². The van der Waals surface area contributed by atoms with Crippen LogP contribution >= 0.6 is 0 Å². The summed E-state index contributed by atoms with van der Waals surface area (Å²) in [7, 11) is 0. The number of aromatic nitrogens is 1. The molecule has 3 rings (SSSR count). The van der Waals surface area contributed by atoms with Gasteiger partial charge in [0.25, 0.3) is 5.91 Å². The molecular formula is C23H23N3O3. The van der Waals surface area contributed by atoms with E-state index in [0.717, 1.165) is 11.0 Å². The molecule has 0 bridgehead atoms. The Morgan fingerprint density at radius 1 is 1.34 bits per heavy atom. The van der Waals surface area contributed by atoms with Crippen LogP contribution in [-0.2, 0) is 6.54 Å². The van der Waals surface area contributed by atoms with E-state index in [1.54, 1.807) is 24.4 Å². The van der Waals surface area contributed by atoms with Gasteiger partial charge in [0.2, 0.25) is 0 Å². The first-order valence-electron chi connectivity index (χ1n) is 9.19. The van der Waals surface area contributed by atoms with E-state index in [4.69, 9.17) is 14.9 Å². The quantitative estimate of drug-likeness (QED) is 0.557. The van der Waals surface area contributed by atoms with Gasteiger partial charge in [0.15, 0.2) is 0 Å². The van der Waals surface area contributed by atoms with E-state index < -0.39 is 0 Å². The number of amides is 1. The third-order valence-electron chi connectivity index (χ3n) is 4.17. The van der Waals surface area contributed by atoms with Crippen LogP contribution in [0, 0.1) is 0 Å². The van der Waals surface area contributed by atoms with E-state index in [0.29, 0.717) is 29.3 Å². The molecule has 0 atom stereocenters. The van der Waals surface area contributed by atoms with Crippen LogP contribution in [0.1, 0.15) is 23.0 Å². The summed E-state index contributed by atoms with van der Waals surface area (Å²) in [4.78, 5) is 16.2. The number of hydrogen-bond acceptors (Lipinski definition) is 5. The zero-order chi connectivity index (χ0) is 20.6. The molecule has 148 valence electrons. The molecule has 0 radical (unpaired) electrons. The van der Waals surface area contributed by atoms with Gasteiger partial charge in [0, 0.05) is 17.6 Å². The number of carbonyl (C=O) groups is 1. The molecule has 1 amide bonds. The van der Waals surface area contributed by atoms with Gasteiger partial charge in [-0.15, -0.1) is 0 Å². The van der Waals surface area contributed by atoms with Gasteiger partial charge >= 0.3 is 0 Å². The molecule has 6 nitrogen and oxygen atoms in total. The molecule has 0 fully saturated rings. The molecule has 29 heavy (non-hydrogen) atoms. The second-order valence-electron chi connectivity index (χ2n) is 6.30. The van der Waals surface area contributed by atoms with Crippen LogP contribution in [0.5, 0.6) is 5.75 Å². The maximum atomic E-state index is 12.3. The Balaban J connectivity index is 1.66. The standard InChI is InChI=1S/C23H23N3O3/c1-3-6-16(7-4-2)15-28-18-10-9-17-12-19(29-21(17)13-18)14-26-23(27)20-8-5-11-25-22(20)24/h3-13H,1,14-15H2,2H3,(H2,24,25)(H,26,27)/b7-4-,16-6+. The lowest BCUT2D eigenvalue weighted by Crippen LogP contribution is -2.23. The van der Waals surface area contributed by atoms with E-state index >= 15 is 0 Å². The molecule has 0 unspecified atom stereocenters. The summed E-state index contributed by atoms with van der Waals surface area (Å²) in [6.45, 7) is 6.34. The van der Waals surface area contributed by atoms with E-state index in [1.807, 2.05) is 49.4 Å². The summed E-state index contributed by atoms with van der Waals surface area (Å²) in [5, 5.41) is 3.72. The topological polar surface area (TPSA) is 90.4 Å². The van der Waals surface area contributed by atoms with Crippen molar-refractivity contribution in [3.63, 3.8) is 0 Å². The van der Waals surface area contributed by atoms with Crippen molar-refractivity contribution in [1.82, 2.24) is 10.3 Å². The minimum absolute atomic E-state index is 0.194. The van der Waals surface area contributed by atoms with E-state index in [1.165, 1.54) is 0 Å². The van der Waals surface area contributed by atoms with Gasteiger partial charge in [0.1, 0.15) is 29.5 Å². The molecule has 1 aromatic carbocycles. The third-order valence-corrected chi connectivity index (χ3v) is 4.17. The number of pyridine rings is 1. The molecule has 0 aliphatic carbocycles. The molecule has 0 aliphatic heterocycles. The van der Waals surface area contributed by atoms with Gasteiger partial charge in [-0.05, 0) is 42.8 Å². The zero-order valence-corrected chi connectivity index (χ0v) is 16.2. The minimum Gasteiger partial charge on any atom is -0.489 e. The van der Waals surface area contributed by atoms with Crippen LogP contribution in [-0.4, -0.2) is 17.5 Å². The highest BCUT2D eigenvalue weighted by molar-refractivity contribution is 5.98. The smallest absolute Gasteiger partial charge is 0.255 e. The molecule has 6 heteroatoms. The number of fused-ring (bicyclic) bond motifs is 1. The van der Waals surface area contributed by atoms with Crippen molar-refractivity contribution < 1.29 is 13.9 Å². The largest absolute Gasteiger partial charge is 0.489 e. The maximum absolute atomic E-state index is 12.3. The molecule has 0 saturated heterocycles. The number of carbonyl (C=O) groups excluding carboxylic acids is 1. The highest BCUT2D eigenvalue weighted by atomic mass is 16.5. The number of benzene rings is 1. The molecule has 2 aromatic heterocycles. The fourth-order valence-electron chi connectivity index (χ4n) is 2.80.